The number of nitrogens with zero attached hydrogens (tertiary/aromatic N) is 2. The summed E-state index contributed by atoms with van der Waals surface area (Å²) in [7, 11) is 2.49. The first-order valence-corrected chi connectivity index (χ1v) is 9.30. The van der Waals surface area contributed by atoms with Crippen LogP contribution in [0.1, 0.15) is 37.5 Å². The molecule has 158 valence electrons. The SMILES string of the molecule is COC(=O)c1cc(C)cc(-n2cc(C#N)c(N)c2C(=O)OC)c1OCc1ccccc1. The Bertz CT molecular complexity index is 1180. The van der Waals surface area contributed by atoms with E-state index < -0.39 is 11.9 Å². The maximum Gasteiger partial charge on any atom is 0.357 e. The van der Waals surface area contributed by atoms with Crippen LogP contribution in [0.5, 0.6) is 5.75 Å². The number of carbonyl (C=O) groups excluding carboxylic acids is 2. The molecule has 8 heteroatoms. The lowest BCUT2D eigenvalue weighted by molar-refractivity contribution is 0.0587. The molecule has 0 saturated carbocycles. The Morgan fingerprint density at radius 1 is 1.10 bits per heavy atom. The number of rotatable bonds is 6. The van der Waals surface area contributed by atoms with Gasteiger partial charge in [-0.15, -0.1) is 0 Å². The zero-order valence-electron chi connectivity index (χ0n) is 17.3. The number of aryl methyl sites for hydroxylation is 1. The van der Waals surface area contributed by atoms with Gasteiger partial charge in [-0.1, -0.05) is 30.3 Å². The molecule has 1 aromatic heterocycles. The van der Waals surface area contributed by atoms with Crippen LogP contribution in [0.15, 0.2) is 48.7 Å². The second kappa shape index (κ2) is 9.05. The van der Waals surface area contributed by atoms with Gasteiger partial charge in [0.05, 0.1) is 31.2 Å². The second-order valence-corrected chi connectivity index (χ2v) is 6.71. The third-order valence-corrected chi connectivity index (χ3v) is 4.65. The number of ether oxygens (including phenoxy) is 3. The highest BCUT2D eigenvalue weighted by molar-refractivity contribution is 5.97. The minimum Gasteiger partial charge on any atom is -0.486 e. The number of esters is 2. The number of nitrogens with two attached hydrogens (primary N) is 1. The number of carbonyl (C=O) groups is 2. The number of benzene rings is 2. The maximum atomic E-state index is 12.5. The van der Waals surface area contributed by atoms with Crippen molar-refractivity contribution in [3.8, 4) is 17.5 Å². The molecule has 0 bridgehead atoms. The summed E-state index contributed by atoms with van der Waals surface area (Å²) in [5, 5.41) is 9.41. The lowest BCUT2D eigenvalue weighted by Gasteiger charge is -2.18. The predicted molar refractivity (Wildman–Crippen MR) is 113 cm³/mol. The average Bonchev–Trinajstić information content (AvgIpc) is 3.13. The monoisotopic (exact) mass is 419 g/mol. The van der Waals surface area contributed by atoms with E-state index in [9.17, 15) is 14.9 Å². The maximum absolute atomic E-state index is 12.5. The van der Waals surface area contributed by atoms with Gasteiger partial charge < -0.3 is 24.5 Å². The third-order valence-electron chi connectivity index (χ3n) is 4.65. The normalized spacial score (nSPS) is 10.3. The molecule has 2 N–H and O–H groups in total. The smallest absolute Gasteiger partial charge is 0.357 e. The van der Waals surface area contributed by atoms with Crippen molar-refractivity contribution in [2.75, 3.05) is 20.0 Å². The fraction of sp³-hybridized carbons (Fsp3) is 0.174. The Kier molecular flexibility index (Phi) is 6.26. The number of anilines is 1. The van der Waals surface area contributed by atoms with E-state index in [1.807, 2.05) is 36.4 Å². The van der Waals surface area contributed by atoms with Crippen molar-refractivity contribution in [1.29, 1.82) is 5.26 Å². The van der Waals surface area contributed by atoms with Gasteiger partial charge in [-0.2, -0.15) is 5.26 Å². The summed E-state index contributed by atoms with van der Waals surface area (Å²) in [5.41, 5.74) is 8.18. The summed E-state index contributed by atoms with van der Waals surface area (Å²) >= 11 is 0. The second-order valence-electron chi connectivity index (χ2n) is 6.71. The minimum absolute atomic E-state index is 0.0236. The highest BCUT2D eigenvalue weighted by Gasteiger charge is 2.26. The molecule has 0 aliphatic heterocycles. The molecule has 3 aromatic rings. The number of hydrogen-bond acceptors (Lipinski definition) is 7. The number of hydrogen-bond donors (Lipinski definition) is 1. The lowest BCUT2D eigenvalue weighted by Crippen LogP contribution is -2.14. The van der Waals surface area contributed by atoms with Crippen LogP contribution in [-0.2, 0) is 16.1 Å². The minimum atomic E-state index is -0.728. The Hall–Kier alpha value is -4.25. The number of nitriles is 1. The first-order valence-electron chi connectivity index (χ1n) is 9.30. The summed E-state index contributed by atoms with van der Waals surface area (Å²) in [6.07, 6.45) is 1.41. The van der Waals surface area contributed by atoms with Crippen LogP contribution in [0.3, 0.4) is 0 Å². The van der Waals surface area contributed by atoms with E-state index in [1.54, 1.807) is 19.1 Å². The van der Waals surface area contributed by atoms with Crippen molar-refractivity contribution in [1.82, 2.24) is 4.57 Å². The first kappa shape index (κ1) is 21.5. The summed E-state index contributed by atoms with van der Waals surface area (Å²) in [4.78, 5) is 24.9. The van der Waals surface area contributed by atoms with Crippen molar-refractivity contribution < 1.29 is 23.8 Å². The molecule has 0 spiro atoms. The Morgan fingerprint density at radius 3 is 2.39 bits per heavy atom. The molecule has 0 unspecified atom stereocenters. The van der Waals surface area contributed by atoms with Crippen LogP contribution in [-0.4, -0.2) is 30.7 Å². The van der Waals surface area contributed by atoms with Gasteiger partial charge in [0.2, 0.25) is 0 Å². The van der Waals surface area contributed by atoms with E-state index in [2.05, 4.69) is 0 Å². The Labute approximate surface area is 179 Å². The van der Waals surface area contributed by atoms with E-state index in [1.165, 1.54) is 25.0 Å². The fourth-order valence-corrected chi connectivity index (χ4v) is 3.18. The van der Waals surface area contributed by atoms with E-state index in [-0.39, 0.29) is 34.9 Å². The lowest BCUT2D eigenvalue weighted by atomic mass is 10.1. The molecule has 0 aliphatic carbocycles. The third kappa shape index (κ3) is 4.21. The molecule has 0 amide bonds. The molecule has 0 fully saturated rings. The van der Waals surface area contributed by atoms with Gasteiger partial charge in [0.15, 0.2) is 11.4 Å². The first-order chi connectivity index (χ1) is 14.9. The van der Waals surface area contributed by atoms with Crippen LogP contribution < -0.4 is 10.5 Å². The molecule has 31 heavy (non-hydrogen) atoms. The molecule has 2 aromatic carbocycles. The van der Waals surface area contributed by atoms with Crippen LogP contribution in [0.25, 0.3) is 5.69 Å². The zero-order valence-corrected chi connectivity index (χ0v) is 17.3. The summed E-state index contributed by atoms with van der Waals surface area (Å²) in [6.45, 7) is 1.95. The molecule has 0 atom stereocenters. The molecular weight excluding hydrogens is 398 g/mol. The summed E-state index contributed by atoms with van der Waals surface area (Å²) in [6, 6.07) is 14.7. The predicted octanol–water partition coefficient (Wildman–Crippen LogP) is 3.39. The summed E-state index contributed by atoms with van der Waals surface area (Å²) < 4.78 is 17.2. The largest absolute Gasteiger partial charge is 0.486 e. The van der Waals surface area contributed by atoms with E-state index in [4.69, 9.17) is 19.9 Å². The van der Waals surface area contributed by atoms with Crippen molar-refractivity contribution in [3.05, 3.63) is 76.6 Å². The highest BCUT2D eigenvalue weighted by Crippen LogP contribution is 2.34. The van der Waals surface area contributed by atoms with Gasteiger partial charge in [0, 0.05) is 6.20 Å². The fourth-order valence-electron chi connectivity index (χ4n) is 3.18. The van der Waals surface area contributed by atoms with Crippen LogP contribution in [0.4, 0.5) is 5.69 Å². The van der Waals surface area contributed by atoms with Crippen molar-refractivity contribution in [2.24, 2.45) is 0 Å². The van der Waals surface area contributed by atoms with Gasteiger partial charge in [-0.05, 0) is 30.2 Å². The number of methoxy groups -OCH3 is 2. The van der Waals surface area contributed by atoms with E-state index in [0.717, 1.165) is 5.56 Å². The van der Waals surface area contributed by atoms with Gasteiger partial charge in [-0.25, -0.2) is 9.59 Å². The van der Waals surface area contributed by atoms with Crippen molar-refractivity contribution in [2.45, 2.75) is 13.5 Å². The molecule has 0 aliphatic rings. The number of aromatic nitrogens is 1. The van der Waals surface area contributed by atoms with Gasteiger partial charge in [-0.3, -0.25) is 0 Å². The van der Waals surface area contributed by atoms with Gasteiger partial charge >= 0.3 is 11.9 Å². The molecule has 0 saturated heterocycles. The van der Waals surface area contributed by atoms with Crippen LogP contribution in [0, 0.1) is 18.3 Å². The molecule has 3 rings (SSSR count). The van der Waals surface area contributed by atoms with E-state index in [0.29, 0.717) is 11.3 Å². The van der Waals surface area contributed by atoms with Gasteiger partial charge in [0.25, 0.3) is 0 Å². The van der Waals surface area contributed by atoms with Gasteiger partial charge in [0.1, 0.15) is 18.2 Å². The van der Waals surface area contributed by atoms with Crippen molar-refractivity contribution in [3.63, 3.8) is 0 Å². The molecule has 0 radical (unpaired) electrons. The summed E-state index contributed by atoms with van der Waals surface area (Å²) in [5.74, 6) is -1.15. The highest BCUT2D eigenvalue weighted by atomic mass is 16.5. The standard InChI is InChI=1S/C23H21N3O5/c1-14-9-17(22(27)29-2)21(31-13-15-7-5-4-6-8-15)18(10-14)26-12-16(11-24)19(25)20(26)23(28)30-3/h4-10,12H,13,25H2,1-3H3. The van der Waals surface area contributed by atoms with Crippen LogP contribution in [0.2, 0.25) is 0 Å². The van der Waals surface area contributed by atoms with E-state index >= 15 is 0 Å². The topological polar surface area (TPSA) is 117 Å². The molecule has 8 nitrogen and oxygen atoms in total. The average molecular weight is 419 g/mol. The Balaban J connectivity index is 2.25. The Morgan fingerprint density at radius 2 is 1.77 bits per heavy atom. The number of nitrogen functional groups attached to an aromatic ring is 1. The molecular formula is C23H21N3O5. The zero-order chi connectivity index (χ0) is 22.5. The van der Waals surface area contributed by atoms with Crippen LogP contribution >= 0.6 is 0 Å². The quantitative estimate of drug-likeness (QED) is 0.609. The van der Waals surface area contributed by atoms with Crippen molar-refractivity contribution >= 4 is 17.6 Å². The molecule has 1 heterocycles.